The summed E-state index contributed by atoms with van der Waals surface area (Å²) in [6, 6.07) is 13.7. The molecule has 2 amide bonds. The van der Waals surface area contributed by atoms with Crippen LogP contribution in [0, 0.1) is 5.92 Å². The van der Waals surface area contributed by atoms with Crippen LogP contribution in [0.2, 0.25) is 0 Å². The highest BCUT2D eigenvalue weighted by Gasteiger charge is 2.33. The third-order valence-electron chi connectivity index (χ3n) is 5.05. The molecule has 3 heterocycles. The number of amides is 2. The summed E-state index contributed by atoms with van der Waals surface area (Å²) in [5.74, 6) is 0.210. The number of benzene rings is 1. The van der Waals surface area contributed by atoms with Crippen LogP contribution in [-0.2, 0) is 22.6 Å². The minimum Gasteiger partial charge on any atom is -0.352 e. The summed E-state index contributed by atoms with van der Waals surface area (Å²) in [5.41, 5.74) is 2.02. The van der Waals surface area contributed by atoms with Gasteiger partial charge in [0.1, 0.15) is 12.7 Å². The number of likely N-dealkylation sites (tertiary alicyclic amines) is 1. The molecule has 1 aliphatic rings. The van der Waals surface area contributed by atoms with Gasteiger partial charge in [0.2, 0.25) is 11.8 Å². The molecule has 1 atom stereocenters. The van der Waals surface area contributed by atoms with E-state index in [9.17, 15) is 9.59 Å². The van der Waals surface area contributed by atoms with Gasteiger partial charge in [-0.3, -0.25) is 9.59 Å². The van der Waals surface area contributed by atoms with Crippen LogP contribution in [0.15, 0.2) is 61.3 Å². The minimum atomic E-state index is -0.329. The predicted molar refractivity (Wildman–Crippen MR) is 106 cm³/mol. The second kappa shape index (κ2) is 8.64. The molecule has 29 heavy (non-hydrogen) atoms. The Hall–Kier alpha value is -3.55. The van der Waals surface area contributed by atoms with Crippen molar-refractivity contribution in [3.63, 3.8) is 0 Å². The van der Waals surface area contributed by atoms with E-state index in [4.69, 9.17) is 0 Å². The van der Waals surface area contributed by atoms with Crippen molar-refractivity contribution in [2.75, 3.05) is 13.1 Å². The van der Waals surface area contributed by atoms with Crippen LogP contribution >= 0.6 is 0 Å². The van der Waals surface area contributed by atoms with Gasteiger partial charge in [-0.25, -0.2) is 14.6 Å². The third kappa shape index (κ3) is 4.48. The van der Waals surface area contributed by atoms with Gasteiger partial charge in [-0.2, -0.15) is 5.10 Å². The molecule has 1 fully saturated rings. The van der Waals surface area contributed by atoms with E-state index in [0.717, 1.165) is 12.0 Å². The molecule has 1 aromatic carbocycles. The Morgan fingerprint density at radius 3 is 2.83 bits per heavy atom. The smallest absolute Gasteiger partial charge is 0.225 e. The summed E-state index contributed by atoms with van der Waals surface area (Å²) in [6.45, 7) is 1.41. The first-order chi connectivity index (χ1) is 14.2. The number of nitrogens with zero attached hydrogens (tertiary/aromatic N) is 5. The van der Waals surface area contributed by atoms with Crippen molar-refractivity contribution in [1.29, 1.82) is 0 Å². The fourth-order valence-electron chi connectivity index (χ4n) is 3.49. The van der Waals surface area contributed by atoms with Crippen molar-refractivity contribution in [3.8, 4) is 5.82 Å². The summed E-state index contributed by atoms with van der Waals surface area (Å²) in [5, 5.41) is 7.03. The van der Waals surface area contributed by atoms with E-state index in [-0.39, 0.29) is 24.2 Å². The van der Waals surface area contributed by atoms with Gasteiger partial charge in [-0.05, 0) is 18.1 Å². The van der Waals surface area contributed by atoms with Crippen molar-refractivity contribution in [3.05, 3.63) is 72.4 Å². The van der Waals surface area contributed by atoms with Gasteiger partial charge >= 0.3 is 0 Å². The summed E-state index contributed by atoms with van der Waals surface area (Å²) >= 11 is 0. The molecule has 0 unspecified atom stereocenters. The topological polar surface area (TPSA) is 93.0 Å². The van der Waals surface area contributed by atoms with Crippen LogP contribution in [0.4, 0.5) is 0 Å². The first-order valence-electron chi connectivity index (χ1n) is 9.59. The molecule has 2 aromatic heterocycles. The van der Waals surface area contributed by atoms with Crippen LogP contribution in [0.3, 0.4) is 0 Å². The number of hydrogen-bond donors (Lipinski definition) is 1. The quantitative estimate of drug-likeness (QED) is 0.658. The second-order valence-corrected chi connectivity index (χ2v) is 7.02. The van der Waals surface area contributed by atoms with E-state index in [1.807, 2.05) is 42.5 Å². The molecule has 1 aliphatic heterocycles. The first-order valence-corrected chi connectivity index (χ1v) is 9.59. The molecule has 1 saturated heterocycles. The molecule has 0 aliphatic carbocycles. The van der Waals surface area contributed by atoms with Gasteiger partial charge in [-0.15, -0.1) is 0 Å². The van der Waals surface area contributed by atoms with Crippen LogP contribution in [0.25, 0.3) is 5.82 Å². The molecule has 0 bridgehead atoms. The van der Waals surface area contributed by atoms with E-state index >= 15 is 0 Å². The maximum atomic E-state index is 12.6. The fraction of sp³-hybridized carbons (Fsp3) is 0.286. The molecular weight excluding hydrogens is 368 g/mol. The van der Waals surface area contributed by atoms with Crippen molar-refractivity contribution in [2.24, 2.45) is 5.92 Å². The first kappa shape index (κ1) is 18.8. The Morgan fingerprint density at radius 1 is 1.17 bits per heavy atom. The summed E-state index contributed by atoms with van der Waals surface area (Å²) < 4.78 is 1.56. The van der Waals surface area contributed by atoms with E-state index < -0.39 is 0 Å². The largest absolute Gasteiger partial charge is 0.352 e. The monoisotopic (exact) mass is 390 g/mol. The Balaban J connectivity index is 1.32. The Kier molecular flexibility index (Phi) is 5.60. The molecule has 148 valence electrons. The number of aromatic nitrogens is 4. The molecule has 3 aromatic rings. The minimum absolute atomic E-state index is 0.0331. The number of pyridine rings is 1. The van der Waals surface area contributed by atoms with E-state index in [1.54, 1.807) is 22.1 Å². The molecule has 1 N–H and O–H groups in total. The summed E-state index contributed by atoms with van der Waals surface area (Å²) in [4.78, 5) is 35.0. The van der Waals surface area contributed by atoms with Gasteiger partial charge in [0, 0.05) is 37.8 Å². The van der Waals surface area contributed by atoms with Crippen LogP contribution in [0.5, 0.6) is 0 Å². The van der Waals surface area contributed by atoms with Crippen molar-refractivity contribution >= 4 is 11.8 Å². The van der Waals surface area contributed by atoms with Crippen molar-refractivity contribution < 1.29 is 9.59 Å². The highest BCUT2D eigenvalue weighted by molar-refractivity contribution is 5.89. The Labute approximate surface area is 168 Å². The molecule has 8 heteroatoms. The molecule has 0 spiro atoms. The van der Waals surface area contributed by atoms with Crippen LogP contribution in [0.1, 0.15) is 17.5 Å². The third-order valence-corrected chi connectivity index (χ3v) is 5.05. The normalized spacial score (nSPS) is 16.2. The molecule has 8 nitrogen and oxygen atoms in total. The van der Waals surface area contributed by atoms with E-state index in [0.29, 0.717) is 25.5 Å². The Bertz CT molecular complexity index is 974. The Morgan fingerprint density at radius 2 is 2.03 bits per heavy atom. The summed E-state index contributed by atoms with van der Waals surface area (Å²) in [6.07, 6.45) is 5.71. The number of carbonyl (C=O) groups is 2. The van der Waals surface area contributed by atoms with Gasteiger partial charge < -0.3 is 10.2 Å². The van der Waals surface area contributed by atoms with Gasteiger partial charge in [-0.1, -0.05) is 36.4 Å². The maximum absolute atomic E-state index is 12.6. The number of carbonyl (C=O) groups excluding carboxylic acids is 2. The maximum Gasteiger partial charge on any atom is 0.225 e. The average Bonchev–Trinajstić information content (AvgIpc) is 3.41. The van der Waals surface area contributed by atoms with Crippen molar-refractivity contribution in [2.45, 2.75) is 19.4 Å². The molecule has 4 rings (SSSR count). The predicted octanol–water partition coefficient (Wildman–Crippen LogP) is 1.37. The average molecular weight is 390 g/mol. The lowest BCUT2D eigenvalue weighted by Gasteiger charge is -2.17. The molecule has 0 radical (unpaired) electrons. The zero-order valence-corrected chi connectivity index (χ0v) is 15.9. The standard InChI is InChI=1S/C21H22N6O2/c28-19-11-18(13-26(19)10-8-16-5-2-1-3-6-16)21(29)24-12-17-7-4-9-23-20(17)27-15-22-14-25-27/h1-7,9,14-15,18H,8,10-13H2,(H,24,29)/t18-/m1/s1. The summed E-state index contributed by atoms with van der Waals surface area (Å²) in [7, 11) is 0. The number of hydrogen-bond acceptors (Lipinski definition) is 5. The lowest BCUT2D eigenvalue weighted by atomic mass is 10.1. The van der Waals surface area contributed by atoms with E-state index in [1.165, 1.54) is 11.9 Å². The van der Waals surface area contributed by atoms with Crippen molar-refractivity contribution in [1.82, 2.24) is 30.0 Å². The molecule has 0 saturated carbocycles. The fourth-order valence-corrected chi connectivity index (χ4v) is 3.49. The van der Waals surface area contributed by atoms with Gasteiger partial charge in [0.25, 0.3) is 0 Å². The number of rotatable bonds is 7. The zero-order chi connectivity index (χ0) is 20.1. The highest BCUT2D eigenvalue weighted by Crippen LogP contribution is 2.19. The number of nitrogens with one attached hydrogen (secondary N) is 1. The van der Waals surface area contributed by atoms with Gasteiger partial charge in [0.15, 0.2) is 5.82 Å². The SMILES string of the molecule is O=C(NCc1cccnc1-n1cncn1)[C@@H]1CC(=O)N(CCc2ccccc2)C1. The van der Waals surface area contributed by atoms with Crippen LogP contribution in [-0.4, -0.2) is 49.6 Å². The molecular formula is C21H22N6O2. The van der Waals surface area contributed by atoms with E-state index in [2.05, 4.69) is 20.4 Å². The lowest BCUT2D eigenvalue weighted by Crippen LogP contribution is -2.33. The second-order valence-electron chi connectivity index (χ2n) is 7.02. The highest BCUT2D eigenvalue weighted by atomic mass is 16.2. The van der Waals surface area contributed by atoms with Gasteiger partial charge in [0.05, 0.1) is 5.92 Å². The zero-order valence-electron chi connectivity index (χ0n) is 15.9. The van der Waals surface area contributed by atoms with Crippen LogP contribution < -0.4 is 5.32 Å². The lowest BCUT2D eigenvalue weighted by molar-refractivity contribution is -0.129.